The molecular weight excluding hydrogens is 311 g/mol. The van der Waals surface area contributed by atoms with Crippen molar-refractivity contribution in [2.75, 3.05) is 0 Å². The molecule has 0 saturated carbocycles. The van der Waals surface area contributed by atoms with E-state index in [0.29, 0.717) is 22.3 Å². The molecule has 0 fully saturated rings. The van der Waals surface area contributed by atoms with Crippen molar-refractivity contribution in [3.05, 3.63) is 56.8 Å². The molecule has 0 aliphatic heterocycles. The van der Waals surface area contributed by atoms with E-state index in [0.717, 1.165) is 16.2 Å². The smallest absolute Gasteiger partial charge is 0.346 e. The van der Waals surface area contributed by atoms with Gasteiger partial charge in [0, 0.05) is 20.5 Å². The molecule has 1 aromatic carbocycles. The second-order valence-electron chi connectivity index (χ2n) is 4.40. The molecule has 2 heterocycles. The van der Waals surface area contributed by atoms with Gasteiger partial charge >= 0.3 is 5.97 Å². The molecule has 3 nitrogen and oxygen atoms in total. The number of rotatable bonds is 5. The van der Waals surface area contributed by atoms with Gasteiger partial charge in [0.25, 0.3) is 0 Å². The summed E-state index contributed by atoms with van der Waals surface area (Å²) < 4.78 is 20.2. The van der Waals surface area contributed by atoms with Crippen LogP contribution in [0.2, 0.25) is 0 Å². The molecule has 1 N–H and O–H groups in total. The maximum absolute atomic E-state index is 14.0. The summed E-state index contributed by atoms with van der Waals surface area (Å²) in [6, 6.07) is 8.50. The van der Waals surface area contributed by atoms with Gasteiger partial charge in [-0.3, -0.25) is 0 Å². The molecule has 0 aliphatic carbocycles. The third kappa shape index (κ3) is 2.83. The Morgan fingerprint density at radius 2 is 2.10 bits per heavy atom. The molecule has 0 aliphatic rings. The zero-order valence-electron chi connectivity index (χ0n) is 10.8. The van der Waals surface area contributed by atoms with E-state index in [1.165, 1.54) is 6.07 Å². The van der Waals surface area contributed by atoms with Crippen molar-refractivity contribution in [2.45, 2.75) is 13.2 Å². The van der Waals surface area contributed by atoms with Crippen molar-refractivity contribution in [3.8, 4) is 0 Å². The molecule has 0 atom stereocenters. The molecular formula is C15H11FO3S2. The van der Waals surface area contributed by atoms with E-state index < -0.39 is 11.8 Å². The number of halogens is 1. The SMILES string of the molecule is O=C(O)c1sc2cccc(F)c2c1COCc1cccs1. The summed E-state index contributed by atoms with van der Waals surface area (Å²) in [6.07, 6.45) is 0. The minimum atomic E-state index is -1.05. The number of carbonyl (C=O) groups is 1. The number of hydrogen-bond donors (Lipinski definition) is 1. The third-order valence-electron chi connectivity index (χ3n) is 3.03. The second kappa shape index (κ2) is 5.93. The van der Waals surface area contributed by atoms with E-state index in [4.69, 9.17) is 4.74 Å². The molecule has 0 saturated heterocycles. The van der Waals surface area contributed by atoms with Gasteiger partial charge in [-0.05, 0) is 23.6 Å². The highest BCUT2D eigenvalue weighted by Gasteiger charge is 2.20. The predicted octanol–water partition coefficient (Wildman–Crippen LogP) is 4.52. The molecule has 108 valence electrons. The van der Waals surface area contributed by atoms with Crippen LogP contribution >= 0.6 is 22.7 Å². The van der Waals surface area contributed by atoms with E-state index in [1.807, 2.05) is 17.5 Å². The van der Waals surface area contributed by atoms with Gasteiger partial charge in [0.2, 0.25) is 0 Å². The quantitative estimate of drug-likeness (QED) is 0.751. The maximum Gasteiger partial charge on any atom is 0.346 e. The lowest BCUT2D eigenvalue weighted by Crippen LogP contribution is -2.01. The van der Waals surface area contributed by atoms with E-state index in [9.17, 15) is 14.3 Å². The van der Waals surface area contributed by atoms with Gasteiger partial charge in [-0.25, -0.2) is 9.18 Å². The number of hydrogen-bond acceptors (Lipinski definition) is 4. The molecule has 0 bridgehead atoms. The third-order valence-corrected chi connectivity index (χ3v) is 5.06. The Balaban J connectivity index is 1.91. The fourth-order valence-electron chi connectivity index (χ4n) is 2.13. The van der Waals surface area contributed by atoms with Crippen LogP contribution in [0.15, 0.2) is 35.7 Å². The second-order valence-corrected chi connectivity index (χ2v) is 6.48. The van der Waals surface area contributed by atoms with Crippen LogP contribution in [0.3, 0.4) is 0 Å². The number of aromatic carboxylic acids is 1. The maximum atomic E-state index is 14.0. The van der Waals surface area contributed by atoms with Gasteiger partial charge in [0.1, 0.15) is 10.7 Å². The van der Waals surface area contributed by atoms with Crippen LogP contribution < -0.4 is 0 Å². The summed E-state index contributed by atoms with van der Waals surface area (Å²) in [4.78, 5) is 12.5. The van der Waals surface area contributed by atoms with Gasteiger partial charge in [-0.1, -0.05) is 12.1 Å². The number of fused-ring (bicyclic) bond motifs is 1. The van der Waals surface area contributed by atoms with Crippen molar-refractivity contribution in [3.63, 3.8) is 0 Å². The molecule has 0 radical (unpaired) electrons. The van der Waals surface area contributed by atoms with Crippen LogP contribution in [-0.2, 0) is 18.0 Å². The van der Waals surface area contributed by atoms with Gasteiger partial charge in [-0.15, -0.1) is 22.7 Å². The van der Waals surface area contributed by atoms with Gasteiger partial charge in [0.15, 0.2) is 0 Å². The molecule has 6 heteroatoms. The molecule has 0 spiro atoms. The zero-order chi connectivity index (χ0) is 14.8. The largest absolute Gasteiger partial charge is 0.477 e. The Morgan fingerprint density at radius 1 is 1.24 bits per heavy atom. The highest BCUT2D eigenvalue weighted by atomic mass is 32.1. The average molecular weight is 322 g/mol. The molecule has 2 aromatic heterocycles. The number of benzene rings is 1. The Hall–Kier alpha value is -1.76. The summed E-state index contributed by atoms with van der Waals surface area (Å²) in [5, 5.41) is 11.6. The minimum Gasteiger partial charge on any atom is -0.477 e. The topological polar surface area (TPSA) is 46.5 Å². The van der Waals surface area contributed by atoms with Crippen LogP contribution in [0.5, 0.6) is 0 Å². The molecule has 0 unspecified atom stereocenters. The van der Waals surface area contributed by atoms with E-state index in [-0.39, 0.29) is 11.5 Å². The summed E-state index contributed by atoms with van der Waals surface area (Å²) >= 11 is 2.64. The lowest BCUT2D eigenvalue weighted by Gasteiger charge is -2.04. The van der Waals surface area contributed by atoms with Crippen molar-refractivity contribution >= 4 is 38.7 Å². The van der Waals surface area contributed by atoms with Crippen LogP contribution in [0, 0.1) is 5.82 Å². The Bertz CT molecular complexity index is 778. The Kier molecular flexibility index (Phi) is 4.01. The first-order valence-electron chi connectivity index (χ1n) is 6.20. The average Bonchev–Trinajstić information content (AvgIpc) is 3.07. The number of carboxylic acids is 1. The first-order valence-corrected chi connectivity index (χ1v) is 7.89. The van der Waals surface area contributed by atoms with Gasteiger partial charge in [-0.2, -0.15) is 0 Å². The number of ether oxygens (including phenoxy) is 1. The highest BCUT2D eigenvalue weighted by molar-refractivity contribution is 7.21. The van der Waals surface area contributed by atoms with Gasteiger partial charge < -0.3 is 9.84 Å². The first-order chi connectivity index (χ1) is 10.2. The van der Waals surface area contributed by atoms with E-state index in [2.05, 4.69) is 0 Å². The monoisotopic (exact) mass is 322 g/mol. The zero-order valence-corrected chi connectivity index (χ0v) is 12.5. The van der Waals surface area contributed by atoms with Crippen LogP contribution in [-0.4, -0.2) is 11.1 Å². The van der Waals surface area contributed by atoms with Crippen LogP contribution in [0.25, 0.3) is 10.1 Å². The van der Waals surface area contributed by atoms with Gasteiger partial charge in [0.05, 0.1) is 13.2 Å². The Morgan fingerprint density at radius 3 is 2.81 bits per heavy atom. The normalized spacial score (nSPS) is 11.1. The van der Waals surface area contributed by atoms with E-state index >= 15 is 0 Å². The van der Waals surface area contributed by atoms with Crippen LogP contribution in [0.1, 0.15) is 20.1 Å². The van der Waals surface area contributed by atoms with Crippen molar-refractivity contribution in [1.82, 2.24) is 0 Å². The lowest BCUT2D eigenvalue weighted by atomic mass is 10.1. The minimum absolute atomic E-state index is 0.0838. The van der Waals surface area contributed by atoms with Crippen molar-refractivity contribution in [2.24, 2.45) is 0 Å². The first kappa shape index (κ1) is 14.2. The predicted molar refractivity (Wildman–Crippen MR) is 81.6 cm³/mol. The summed E-state index contributed by atoms with van der Waals surface area (Å²) in [5.41, 5.74) is 0.414. The summed E-state index contributed by atoms with van der Waals surface area (Å²) in [5.74, 6) is -1.46. The Labute approximate surface area is 128 Å². The molecule has 3 aromatic rings. The van der Waals surface area contributed by atoms with Crippen molar-refractivity contribution in [1.29, 1.82) is 0 Å². The molecule has 3 rings (SSSR count). The number of carboxylic acid groups (broad SMARTS) is 1. The fraction of sp³-hybridized carbons (Fsp3) is 0.133. The van der Waals surface area contributed by atoms with E-state index in [1.54, 1.807) is 23.5 Å². The highest BCUT2D eigenvalue weighted by Crippen LogP contribution is 2.34. The standard InChI is InChI=1S/C15H11FO3S2/c16-11-4-1-5-12-13(11)10(14(21-12)15(17)18)8-19-7-9-3-2-6-20-9/h1-6H,7-8H2,(H,17,18). The summed E-state index contributed by atoms with van der Waals surface area (Å²) in [7, 11) is 0. The lowest BCUT2D eigenvalue weighted by molar-refractivity contribution is 0.0691. The van der Waals surface area contributed by atoms with Crippen LogP contribution in [0.4, 0.5) is 4.39 Å². The molecule has 21 heavy (non-hydrogen) atoms. The molecule has 0 amide bonds. The fourth-order valence-corrected chi connectivity index (χ4v) is 3.83. The summed E-state index contributed by atoms with van der Waals surface area (Å²) in [6.45, 7) is 0.475. The van der Waals surface area contributed by atoms with Crippen molar-refractivity contribution < 1.29 is 19.0 Å². The number of thiophene rings is 2.